The fourth-order valence-electron chi connectivity index (χ4n) is 4.50. The highest BCUT2D eigenvalue weighted by Crippen LogP contribution is 2.26. The first-order valence-electron chi connectivity index (χ1n) is 13.0. The molecule has 1 fully saturated rings. The molecule has 1 aromatic rings. The van der Waals surface area contributed by atoms with Crippen LogP contribution in [0.2, 0.25) is 0 Å². The second kappa shape index (κ2) is 13.8. The zero-order chi connectivity index (χ0) is 27.6. The number of ether oxygens (including phenoxy) is 1. The molecule has 4 amide bonds. The molecular formula is C28H42N4O5. The van der Waals surface area contributed by atoms with Gasteiger partial charge in [0.1, 0.15) is 17.7 Å². The fourth-order valence-corrected chi connectivity index (χ4v) is 4.50. The van der Waals surface area contributed by atoms with Crippen LogP contribution >= 0.6 is 0 Å². The van der Waals surface area contributed by atoms with Crippen LogP contribution < -0.4 is 16.4 Å². The minimum absolute atomic E-state index is 0.0359. The Balaban J connectivity index is 2.43. The van der Waals surface area contributed by atoms with Crippen molar-refractivity contribution in [2.45, 2.75) is 96.4 Å². The minimum atomic E-state index is -1.13. The molecule has 2 atom stereocenters. The number of hydrogen-bond acceptors (Lipinski definition) is 5. The number of carbonyl (C=O) groups is 4. The lowest BCUT2D eigenvalue weighted by Crippen LogP contribution is -2.54. The van der Waals surface area contributed by atoms with Crippen LogP contribution in [0.15, 0.2) is 36.9 Å². The molecule has 1 aliphatic rings. The van der Waals surface area contributed by atoms with Gasteiger partial charge in [0, 0.05) is 19.0 Å². The third kappa shape index (κ3) is 9.90. The van der Waals surface area contributed by atoms with E-state index in [1.807, 2.05) is 25.1 Å². The molecule has 1 aliphatic carbocycles. The molecule has 9 heteroatoms. The molecule has 9 nitrogen and oxygen atoms in total. The van der Waals surface area contributed by atoms with Crippen LogP contribution in [0.5, 0.6) is 0 Å². The Kier molecular flexibility index (Phi) is 11.1. The molecule has 1 aromatic carbocycles. The van der Waals surface area contributed by atoms with Gasteiger partial charge in [-0.25, -0.2) is 4.79 Å². The van der Waals surface area contributed by atoms with Gasteiger partial charge in [-0.3, -0.25) is 14.4 Å². The maximum atomic E-state index is 13.9. The zero-order valence-electron chi connectivity index (χ0n) is 22.5. The Morgan fingerprint density at radius 1 is 1.19 bits per heavy atom. The standard InChI is InChI=1S/C28H42N4O5/c1-6-17-32(26(35)22(15-16-23(29)33)31-27(36)37-28(3,4)5)24(20-12-10-11-19(2)18-20)25(34)30-21-13-8-7-9-14-21/h6,10-12,18,21-22,24H,1,7-9,13-17H2,2-5H3,(H2,29,33)(H,30,34)(H,31,36). The van der Waals surface area contributed by atoms with Crippen LogP contribution in [-0.4, -0.2) is 52.9 Å². The lowest BCUT2D eigenvalue weighted by molar-refractivity contribution is -0.142. The topological polar surface area (TPSA) is 131 Å². The molecule has 0 radical (unpaired) electrons. The number of amides is 4. The number of aryl methyl sites for hydroxylation is 1. The molecule has 0 aromatic heterocycles. The summed E-state index contributed by atoms with van der Waals surface area (Å²) in [5, 5.41) is 5.72. The molecule has 37 heavy (non-hydrogen) atoms. The molecule has 0 spiro atoms. The smallest absolute Gasteiger partial charge is 0.408 e. The minimum Gasteiger partial charge on any atom is -0.444 e. The Labute approximate surface area is 220 Å². The number of nitrogens with zero attached hydrogens (tertiary/aromatic N) is 1. The highest BCUT2D eigenvalue weighted by molar-refractivity contribution is 5.92. The lowest BCUT2D eigenvalue weighted by Gasteiger charge is -2.35. The Morgan fingerprint density at radius 3 is 2.43 bits per heavy atom. The van der Waals surface area contributed by atoms with Crippen molar-refractivity contribution in [3.05, 3.63) is 48.0 Å². The van der Waals surface area contributed by atoms with E-state index in [9.17, 15) is 19.2 Å². The van der Waals surface area contributed by atoms with Crippen molar-refractivity contribution >= 4 is 23.8 Å². The van der Waals surface area contributed by atoms with E-state index in [0.29, 0.717) is 5.56 Å². The van der Waals surface area contributed by atoms with Gasteiger partial charge in [-0.15, -0.1) is 6.58 Å². The van der Waals surface area contributed by atoms with E-state index in [-0.39, 0.29) is 31.3 Å². The number of alkyl carbamates (subject to hydrolysis) is 1. The fraction of sp³-hybridized carbons (Fsp3) is 0.571. The summed E-state index contributed by atoms with van der Waals surface area (Å²) in [6.45, 7) is 10.9. The Morgan fingerprint density at radius 2 is 1.86 bits per heavy atom. The summed E-state index contributed by atoms with van der Waals surface area (Å²) in [4.78, 5) is 53.1. The van der Waals surface area contributed by atoms with Gasteiger partial charge in [0.2, 0.25) is 17.7 Å². The molecule has 4 N–H and O–H groups in total. The molecule has 1 saturated carbocycles. The van der Waals surface area contributed by atoms with E-state index in [1.54, 1.807) is 26.8 Å². The van der Waals surface area contributed by atoms with E-state index < -0.39 is 35.6 Å². The maximum Gasteiger partial charge on any atom is 0.408 e. The highest BCUT2D eigenvalue weighted by atomic mass is 16.6. The number of benzene rings is 1. The van der Waals surface area contributed by atoms with E-state index in [1.165, 1.54) is 11.0 Å². The molecule has 2 rings (SSSR count). The number of carbonyl (C=O) groups excluding carboxylic acids is 4. The normalized spacial score (nSPS) is 15.7. The van der Waals surface area contributed by atoms with Gasteiger partial charge in [0.25, 0.3) is 0 Å². The first-order valence-corrected chi connectivity index (χ1v) is 13.0. The van der Waals surface area contributed by atoms with Crippen molar-refractivity contribution in [2.75, 3.05) is 6.54 Å². The zero-order valence-corrected chi connectivity index (χ0v) is 22.5. The number of nitrogens with two attached hydrogens (primary N) is 1. The van der Waals surface area contributed by atoms with Crippen LogP contribution in [-0.2, 0) is 19.1 Å². The molecule has 0 bridgehead atoms. The summed E-state index contributed by atoms with van der Waals surface area (Å²) in [6.07, 6.45) is 5.59. The Hall–Kier alpha value is -3.36. The predicted octanol–water partition coefficient (Wildman–Crippen LogP) is 3.66. The lowest BCUT2D eigenvalue weighted by atomic mass is 9.94. The molecule has 0 aliphatic heterocycles. The summed E-state index contributed by atoms with van der Waals surface area (Å²) in [5.74, 6) is -1.43. The largest absolute Gasteiger partial charge is 0.444 e. The van der Waals surface area contributed by atoms with Crippen LogP contribution in [0, 0.1) is 6.92 Å². The first-order chi connectivity index (χ1) is 17.4. The quantitative estimate of drug-likeness (QED) is 0.388. The molecule has 0 heterocycles. The van der Waals surface area contributed by atoms with Gasteiger partial charge in [-0.05, 0) is 52.5 Å². The third-order valence-electron chi connectivity index (χ3n) is 6.15. The van der Waals surface area contributed by atoms with Crippen molar-refractivity contribution in [3.8, 4) is 0 Å². The van der Waals surface area contributed by atoms with Crippen molar-refractivity contribution in [2.24, 2.45) is 5.73 Å². The summed E-state index contributed by atoms with van der Waals surface area (Å²) >= 11 is 0. The van der Waals surface area contributed by atoms with Crippen LogP contribution in [0.25, 0.3) is 0 Å². The van der Waals surface area contributed by atoms with Crippen molar-refractivity contribution in [1.82, 2.24) is 15.5 Å². The first kappa shape index (κ1) is 29.9. The van der Waals surface area contributed by atoms with Gasteiger partial charge < -0.3 is 26.0 Å². The number of nitrogens with one attached hydrogen (secondary N) is 2. The average Bonchev–Trinajstić information content (AvgIpc) is 2.80. The predicted molar refractivity (Wildman–Crippen MR) is 142 cm³/mol. The summed E-state index contributed by atoms with van der Waals surface area (Å²) in [6, 6.07) is 5.39. The number of hydrogen-bond donors (Lipinski definition) is 3. The Bertz CT molecular complexity index is 966. The second-order valence-corrected chi connectivity index (χ2v) is 10.6. The monoisotopic (exact) mass is 514 g/mol. The SMILES string of the molecule is C=CCN(C(=O)C(CCC(N)=O)NC(=O)OC(C)(C)C)C(C(=O)NC1CCCCC1)c1cccc(C)c1. The molecule has 204 valence electrons. The van der Waals surface area contributed by atoms with E-state index in [4.69, 9.17) is 10.5 Å². The molecule has 2 unspecified atom stereocenters. The van der Waals surface area contributed by atoms with Crippen LogP contribution in [0.1, 0.15) is 82.9 Å². The van der Waals surface area contributed by atoms with Gasteiger partial charge in [-0.2, -0.15) is 0 Å². The molecular weight excluding hydrogens is 472 g/mol. The van der Waals surface area contributed by atoms with Gasteiger partial charge >= 0.3 is 6.09 Å². The van der Waals surface area contributed by atoms with Crippen molar-refractivity contribution < 1.29 is 23.9 Å². The molecule has 0 saturated heterocycles. The van der Waals surface area contributed by atoms with E-state index in [0.717, 1.165) is 37.7 Å². The third-order valence-corrected chi connectivity index (χ3v) is 6.15. The number of primary amides is 1. The van der Waals surface area contributed by atoms with E-state index >= 15 is 0 Å². The van der Waals surface area contributed by atoms with Crippen LogP contribution in [0.4, 0.5) is 4.79 Å². The van der Waals surface area contributed by atoms with Crippen molar-refractivity contribution in [1.29, 1.82) is 0 Å². The summed E-state index contributed by atoms with van der Waals surface area (Å²) in [7, 11) is 0. The van der Waals surface area contributed by atoms with Gasteiger partial charge in [0.15, 0.2) is 0 Å². The van der Waals surface area contributed by atoms with Crippen molar-refractivity contribution in [3.63, 3.8) is 0 Å². The van der Waals surface area contributed by atoms with E-state index in [2.05, 4.69) is 17.2 Å². The number of rotatable bonds is 11. The summed E-state index contributed by atoms with van der Waals surface area (Å²) in [5.41, 5.74) is 6.14. The highest BCUT2D eigenvalue weighted by Gasteiger charge is 2.36. The second-order valence-electron chi connectivity index (χ2n) is 10.6. The average molecular weight is 515 g/mol. The van der Waals surface area contributed by atoms with Gasteiger partial charge in [0.05, 0.1) is 0 Å². The van der Waals surface area contributed by atoms with Gasteiger partial charge in [-0.1, -0.05) is 55.2 Å². The van der Waals surface area contributed by atoms with Crippen LogP contribution in [0.3, 0.4) is 0 Å². The maximum absolute atomic E-state index is 13.9. The summed E-state index contributed by atoms with van der Waals surface area (Å²) < 4.78 is 5.34.